The fourth-order valence-electron chi connectivity index (χ4n) is 4.91. The number of fused-ring (bicyclic) bond motifs is 1. The molecule has 0 spiro atoms. The van der Waals surface area contributed by atoms with Gasteiger partial charge in [-0.05, 0) is 37.8 Å². The Morgan fingerprint density at radius 2 is 1.65 bits per heavy atom. The van der Waals surface area contributed by atoms with Gasteiger partial charge in [-0.2, -0.15) is 3.97 Å². The van der Waals surface area contributed by atoms with Crippen LogP contribution in [-0.2, 0) is 14.8 Å². The van der Waals surface area contributed by atoms with Crippen molar-refractivity contribution in [1.29, 1.82) is 0 Å². The van der Waals surface area contributed by atoms with Gasteiger partial charge >= 0.3 is 11.8 Å². The minimum Gasteiger partial charge on any atom is -0.508 e. The maximum absolute atomic E-state index is 13.1. The van der Waals surface area contributed by atoms with E-state index in [-0.39, 0.29) is 23.4 Å². The first-order valence-electron chi connectivity index (χ1n) is 10.4. The Balaban J connectivity index is 1.52. The summed E-state index contributed by atoms with van der Waals surface area (Å²) in [6.07, 6.45) is 3.91. The second-order valence-corrected chi connectivity index (χ2v) is 10.1. The van der Waals surface area contributed by atoms with E-state index in [4.69, 9.17) is 4.74 Å². The number of rotatable bonds is 3. The van der Waals surface area contributed by atoms with Gasteiger partial charge in [0, 0.05) is 44.3 Å². The summed E-state index contributed by atoms with van der Waals surface area (Å²) in [6, 6.07) is 4.65. The van der Waals surface area contributed by atoms with Crippen molar-refractivity contribution in [1.82, 2.24) is 18.3 Å². The van der Waals surface area contributed by atoms with E-state index in [2.05, 4.69) is 4.90 Å². The molecule has 170 valence electrons. The fraction of sp³-hybridized carbons (Fsp3) is 0.600. The van der Waals surface area contributed by atoms with Crippen LogP contribution in [0.15, 0.2) is 23.0 Å². The van der Waals surface area contributed by atoms with Crippen molar-refractivity contribution in [2.75, 3.05) is 39.5 Å². The van der Waals surface area contributed by atoms with E-state index >= 15 is 0 Å². The SMILES string of the molecule is COC(=O)N1CCC(N2CCC(n3c(=O)n(S(C)(=O)=O)c4cc(O)ccc43)CC2)CC1. The minimum absolute atomic E-state index is 0.0878. The zero-order valence-electron chi connectivity index (χ0n) is 17.7. The Hall–Kier alpha value is -2.53. The summed E-state index contributed by atoms with van der Waals surface area (Å²) in [4.78, 5) is 28.9. The number of likely N-dealkylation sites (tertiary alicyclic amines) is 2. The highest BCUT2D eigenvalue weighted by atomic mass is 32.2. The van der Waals surface area contributed by atoms with Crippen molar-refractivity contribution in [2.24, 2.45) is 0 Å². The smallest absolute Gasteiger partial charge is 0.409 e. The van der Waals surface area contributed by atoms with Gasteiger partial charge in [-0.1, -0.05) is 0 Å². The lowest BCUT2D eigenvalue weighted by Gasteiger charge is -2.41. The van der Waals surface area contributed by atoms with Crippen LogP contribution in [0.25, 0.3) is 11.0 Å². The lowest BCUT2D eigenvalue weighted by Crippen LogP contribution is -2.49. The number of carbonyl (C=O) groups excluding carboxylic acids is 1. The third-order valence-electron chi connectivity index (χ3n) is 6.43. The first-order valence-corrected chi connectivity index (χ1v) is 12.3. The minimum atomic E-state index is -3.82. The van der Waals surface area contributed by atoms with Crippen LogP contribution in [0, 0.1) is 0 Å². The largest absolute Gasteiger partial charge is 0.508 e. The zero-order chi connectivity index (χ0) is 22.3. The highest BCUT2D eigenvalue weighted by Crippen LogP contribution is 2.30. The Bertz CT molecular complexity index is 1140. The molecule has 1 amide bonds. The van der Waals surface area contributed by atoms with Crippen molar-refractivity contribution in [3.8, 4) is 5.75 Å². The quantitative estimate of drug-likeness (QED) is 0.744. The van der Waals surface area contributed by atoms with Gasteiger partial charge in [0.2, 0.25) is 10.0 Å². The average molecular weight is 453 g/mol. The van der Waals surface area contributed by atoms with Crippen molar-refractivity contribution in [2.45, 2.75) is 37.8 Å². The Labute approximate surface area is 180 Å². The Morgan fingerprint density at radius 1 is 1.03 bits per heavy atom. The number of piperidine rings is 2. The van der Waals surface area contributed by atoms with E-state index < -0.39 is 15.7 Å². The lowest BCUT2D eigenvalue weighted by molar-refractivity contribution is 0.0686. The standard InChI is InChI=1S/C20H28N4O6S/c1-30-20(27)22-11-5-14(6-12-22)21-9-7-15(8-10-21)23-17-4-3-16(25)13-18(17)24(19(23)26)31(2,28)29/h3-4,13-15,25H,5-12H2,1-2H3. The van der Waals surface area contributed by atoms with Crippen LogP contribution in [0.4, 0.5) is 4.79 Å². The van der Waals surface area contributed by atoms with E-state index in [9.17, 15) is 23.1 Å². The number of hydrogen-bond acceptors (Lipinski definition) is 7. The molecule has 2 aliphatic rings. The molecule has 3 heterocycles. The molecule has 11 heteroatoms. The molecular weight excluding hydrogens is 424 g/mol. The van der Waals surface area contributed by atoms with Gasteiger partial charge in [-0.15, -0.1) is 0 Å². The van der Waals surface area contributed by atoms with Crippen LogP contribution in [-0.4, -0.2) is 83.5 Å². The van der Waals surface area contributed by atoms with Crippen LogP contribution in [0.2, 0.25) is 0 Å². The van der Waals surface area contributed by atoms with Gasteiger partial charge in [-0.3, -0.25) is 4.57 Å². The lowest BCUT2D eigenvalue weighted by atomic mass is 9.97. The Morgan fingerprint density at radius 3 is 2.23 bits per heavy atom. The molecule has 2 aliphatic heterocycles. The van der Waals surface area contributed by atoms with E-state index in [0.29, 0.717) is 24.6 Å². The topological polar surface area (TPSA) is 114 Å². The number of aromatic nitrogens is 2. The van der Waals surface area contributed by atoms with E-state index in [1.807, 2.05) is 0 Å². The molecule has 2 aromatic rings. The summed E-state index contributed by atoms with van der Waals surface area (Å²) in [5.74, 6) is -0.0878. The summed E-state index contributed by atoms with van der Waals surface area (Å²) in [6.45, 7) is 2.93. The highest BCUT2D eigenvalue weighted by molar-refractivity contribution is 7.89. The van der Waals surface area contributed by atoms with E-state index in [1.165, 1.54) is 19.2 Å². The zero-order valence-corrected chi connectivity index (χ0v) is 18.5. The van der Waals surface area contributed by atoms with Crippen molar-refractivity contribution in [3.63, 3.8) is 0 Å². The molecule has 2 saturated heterocycles. The predicted octanol–water partition coefficient (Wildman–Crippen LogP) is 1.18. The van der Waals surface area contributed by atoms with E-state index in [0.717, 1.165) is 49.0 Å². The number of amides is 1. The number of nitrogens with zero attached hydrogens (tertiary/aromatic N) is 4. The van der Waals surface area contributed by atoms with Crippen molar-refractivity contribution < 1.29 is 23.1 Å². The third kappa shape index (κ3) is 4.03. The second-order valence-electron chi connectivity index (χ2n) is 8.31. The molecular formula is C20H28N4O6S. The molecule has 0 bridgehead atoms. The van der Waals surface area contributed by atoms with Gasteiger partial charge in [-0.25, -0.2) is 18.0 Å². The first kappa shape index (κ1) is 21.7. The van der Waals surface area contributed by atoms with Gasteiger partial charge in [0.1, 0.15) is 5.75 Å². The summed E-state index contributed by atoms with van der Waals surface area (Å²) in [5.41, 5.74) is 0.121. The summed E-state index contributed by atoms with van der Waals surface area (Å²) < 4.78 is 31.6. The van der Waals surface area contributed by atoms with E-state index in [1.54, 1.807) is 15.5 Å². The van der Waals surface area contributed by atoms with Gasteiger partial charge in [0.25, 0.3) is 0 Å². The number of ether oxygens (including phenoxy) is 1. The molecule has 31 heavy (non-hydrogen) atoms. The monoisotopic (exact) mass is 452 g/mol. The molecule has 0 atom stereocenters. The number of carbonyl (C=O) groups is 1. The molecule has 0 aliphatic carbocycles. The maximum Gasteiger partial charge on any atom is 0.409 e. The molecule has 2 fully saturated rings. The summed E-state index contributed by atoms with van der Waals surface area (Å²) >= 11 is 0. The van der Waals surface area contributed by atoms with Crippen molar-refractivity contribution in [3.05, 3.63) is 28.7 Å². The number of hydrogen-bond donors (Lipinski definition) is 1. The maximum atomic E-state index is 13.1. The molecule has 1 aromatic heterocycles. The molecule has 1 aromatic carbocycles. The molecule has 0 unspecified atom stereocenters. The van der Waals surface area contributed by atoms with Gasteiger partial charge in [0.15, 0.2) is 0 Å². The molecule has 0 radical (unpaired) electrons. The normalized spacial score (nSPS) is 19.7. The average Bonchev–Trinajstić information content (AvgIpc) is 3.04. The number of methoxy groups -OCH3 is 1. The Kier molecular flexibility index (Phi) is 5.73. The molecule has 4 rings (SSSR count). The van der Waals surface area contributed by atoms with Gasteiger partial charge in [0.05, 0.1) is 24.4 Å². The number of imidazole rings is 1. The number of phenolic OH excluding ortho intramolecular Hbond substituents is 1. The predicted molar refractivity (Wildman–Crippen MR) is 115 cm³/mol. The number of aromatic hydroxyl groups is 1. The highest BCUT2D eigenvalue weighted by Gasteiger charge is 2.32. The van der Waals surface area contributed by atoms with Gasteiger partial charge < -0.3 is 19.6 Å². The van der Waals surface area contributed by atoms with Crippen LogP contribution in [0.5, 0.6) is 5.75 Å². The molecule has 10 nitrogen and oxygen atoms in total. The van der Waals surface area contributed by atoms with Crippen LogP contribution < -0.4 is 5.69 Å². The summed E-state index contributed by atoms with van der Waals surface area (Å²) in [5, 5.41) is 9.82. The number of phenols is 1. The van der Waals surface area contributed by atoms with Crippen molar-refractivity contribution >= 4 is 27.1 Å². The van der Waals surface area contributed by atoms with Crippen LogP contribution >= 0.6 is 0 Å². The first-order chi connectivity index (χ1) is 14.7. The van der Waals surface area contributed by atoms with Crippen LogP contribution in [0.1, 0.15) is 31.7 Å². The third-order valence-corrected chi connectivity index (χ3v) is 7.44. The summed E-state index contributed by atoms with van der Waals surface area (Å²) in [7, 11) is -2.43. The second kappa shape index (κ2) is 8.19. The molecule has 1 N–H and O–H groups in total. The van der Waals surface area contributed by atoms with Crippen LogP contribution in [0.3, 0.4) is 0 Å². The number of benzene rings is 1. The molecule has 0 saturated carbocycles. The fourth-order valence-corrected chi connectivity index (χ4v) is 5.78.